The number of para-hydroxylation sites is 1. The van der Waals surface area contributed by atoms with Crippen LogP contribution in [-0.4, -0.2) is 9.97 Å². The van der Waals surface area contributed by atoms with Crippen molar-refractivity contribution in [2.45, 2.75) is 13.8 Å². The van der Waals surface area contributed by atoms with E-state index in [4.69, 9.17) is 9.97 Å². The van der Waals surface area contributed by atoms with Crippen molar-refractivity contribution in [2.24, 2.45) is 0 Å². The molecule has 7 rings (SSSR count). The van der Waals surface area contributed by atoms with Gasteiger partial charge >= 0.3 is 0 Å². The van der Waals surface area contributed by atoms with Crippen molar-refractivity contribution in [3.05, 3.63) is 119 Å². The Morgan fingerprint density at radius 1 is 0.486 bits per heavy atom. The molecule has 0 saturated carbocycles. The monoisotopic (exact) mass is 538 g/mol. The highest BCUT2D eigenvalue weighted by molar-refractivity contribution is 9.10. The van der Waals surface area contributed by atoms with Crippen molar-refractivity contribution in [1.29, 1.82) is 0 Å². The fourth-order valence-electron chi connectivity index (χ4n) is 5.82. The number of rotatable bonds is 2. The van der Waals surface area contributed by atoms with E-state index in [1.165, 1.54) is 38.1 Å². The van der Waals surface area contributed by atoms with Crippen LogP contribution >= 0.6 is 15.9 Å². The van der Waals surface area contributed by atoms with Gasteiger partial charge in [-0.3, -0.25) is 0 Å². The fourth-order valence-corrected chi connectivity index (χ4v) is 6.17. The summed E-state index contributed by atoms with van der Waals surface area (Å²) in [5.74, 6) is 0. The molecule has 5 aromatic carbocycles. The number of hydrogen-bond acceptors (Lipinski definition) is 2. The molecule has 0 amide bonds. The van der Waals surface area contributed by atoms with Crippen molar-refractivity contribution in [3.8, 4) is 22.5 Å². The Hall–Kier alpha value is -4.08. The number of pyridine rings is 2. The number of fused-ring (bicyclic) bond motifs is 6. The average molecular weight is 539 g/mol. The molecule has 0 atom stereocenters. The molecular formula is C34H23BrN2. The molecule has 7 aromatic rings. The van der Waals surface area contributed by atoms with Crippen molar-refractivity contribution in [1.82, 2.24) is 9.97 Å². The lowest BCUT2D eigenvalue weighted by Crippen LogP contribution is -1.99. The molecule has 2 heterocycles. The Balaban J connectivity index is 1.80. The largest absolute Gasteiger partial charge is 0.247 e. The summed E-state index contributed by atoms with van der Waals surface area (Å²) in [4.78, 5) is 10.5. The third kappa shape index (κ3) is 3.38. The molecule has 0 N–H and O–H groups in total. The molecule has 2 aromatic heterocycles. The fraction of sp³-hybridized carbons (Fsp3) is 0.0588. The third-order valence-corrected chi connectivity index (χ3v) is 7.93. The van der Waals surface area contributed by atoms with Gasteiger partial charge in [0, 0.05) is 37.1 Å². The SMILES string of the molecule is Cc1c2c(-c3ccccc3)nc3cc(Br)ccc3c2c(C)c2c(-c3ccccc3)nc3ccccc3c12. The molecule has 0 bridgehead atoms. The molecule has 0 aliphatic rings. The van der Waals surface area contributed by atoms with Crippen LogP contribution in [0.4, 0.5) is 0 Å². The van der Waals surface area contributed by atoms with Crippen LogP contribution in [0.15, 0.2) is 108 Å². The van der Waals surface area contributed by atoms with E-state index in [1.807, 2.05) is 0 Å². The first-order valence-electron chi connectivity index (χ1n) is 12.5. The van der Waals surface area contributed by atoms with Gasteiger partial charge in [0.15, 0.2) is 0 Å². The molecule has 0 fully saturated rings. The minimum absolute atomic E-state index is 0.984. The topological polar surface area (TPSA) is 25.8 Å². The first kappa shape index (κ1) is 22.1. The number of aromatic nitrogens is 2. The average Bonchev–Trinajstić information content (AvgIpc) is 2.94. The van der Waals surface area contributed by atoms with Crippen molar-refractivity contribution < 1.29 is 0 Å². The van der Waals surface area contributed by atoms with Crippen molar-refractivity contribution in [3.63, 3.8) is 0 Å². The van der Waals surface area contributed by atoms with E-state index in [9.17, 15) is 0 Å². The Morgan fingerprint density at radius 2 is 0.973 bits per heavy atom. The van der Waals surface area contributed by atoms with Crippen LogP contribution in [0.3, 0.4) is 0 Å². The summed E-state index contributed by atoms with van der Waals surface area (Å²) in [6, 6.07) is 36.0. The zero-order valence-electron chi connectivity index (χ0n) is 20.6. The highest BCUT2D eigenvalue weighted by Crippen LogP contribution is 2.45. The number of nitrogens with zero attached hydrogens (tertiary/aromatic N) is 2. The van der Waals surface area contributed by atoms with Crippen LogP contribution in [0, 0.1) is 13.8 Å². The van der Waals surface area contributed by atoms with Crippen LogP contribution < -0.4 is 0 Å². The summed E-state index contributed by atoms with van der Waals surface area (Å²) in [7, 11) is 0. The molecule has 0 saturated heterocycles. The van der Waals surface area contributed by atoms with E-state index in [1.54, 1.807) is 0 Å². The van der Waals surface area contributed by atoms with Gasteiger partial charge in [0.25, 0.3) is 0 Å². The second kappa shape index (κ2) is 8.50. The summed E-state index contributed by atoms with van der Waals surface area (Å²) in [6.07, 6.45) is 0. The van der Waals surface area contributed by atoms with E-state index >= 15 is 0 Å². The molecule has 3 heteroatoms. The highest BCUT2D eigenvalue weighted by atomic mass is 79.9. The molecule has 0 aliphatic carbocycles. The lowest BCUT2D eigenvalue weighted by atomic mass is 9.86. The Morgan fingerprint density at radius 3 is 1.57 bits per heavy atom. The minimum Gasteiger partial charge on any atom is -0.247 e. The van der Waals surface area contributed by atoms with E-state index in [0.717, 1.165) is 43.4 Å². The predicted molar refractivity (Wildman–Crippen MR) is 160 cm³/mol. The lowest BCUT2D eigenvalue weighted by Gasteiger charge is -2.21. The number of benzene rings is 5. The standard InChI is InChI=1S/C34H23BrN2/c1-20-29-25-15-9-10-16-27(25)36-33(22-11-5-3-6-12-22)31(29)21(2)30-26-18-17-24(35)19-28(26)37-34(32(20)30)23-13-7-4-8-14-23/h3-19H,1-2H3. The van der Waals surface area contributed by atoms with E-state index in [2.05, 4.69) is 133 Å². The molecule has 0 radical (unpaired) electrons. The summed E-state index contributed by atoms with van der Waals surface area (Å²) < 4.78 is 1.03. The van der Waals surface area contributed by atoms with E-state index < -0.39 is 0 Å². The van der Waals surface area contributed by atoms with Crippen LogP contribution in [0.5, 0.6) is 0 Å². The Kier molecular flexibility index (Phi) is 5.09. The van der Waals surface area contributed by atoms with Gasteiger partial charge in [0.05, 0.1) is 22.4 Å². The molecule has 0 aliphatic heterocycles. The molecular weight excluding hydrogens is 516 g/mol. The Labute approximate surface area is 223 Å². The highest BCUT2D eigenvalue weighted by Gasteiger charge is 2.22. The zero-order chi connectivity index (χ0) is 25.1. The first-order valence-corrected chi connectivity index (χ1v) is 13.3. The van der Waals surface area contributed by atoms with Gasteiger partial charge in [0.2, 0.25) is 0 Å². The van der Waals surface area contributed by atoms with Crippen molar-refractivity contribution >= 4 is 59.3 Å². The van der Waals surface area contributed by atoms with Gasteiger partial charge in [-0.2, -0.15) is 0 Å². The normalized spacial score (nSPS) is 11.6. The van der Waals surface area contributed by atoms with Crippen LogP contribution in [0.1, 0.15) is 11.1 Å². The minimum atomic E-state index is 0.984. The maximum Gasteiger partial charge on any atom is 0.0791 e. The molecule has 0 spiro atoms. The van der Waals surface area contributed by atoms with Gasteiger partial charge in [-0.1, -0.05) is 101 Å². The quantitative estimate of drug-likeness (QED) is 0.161. The number of halogens is 1. The summed E-state index contributed by atoms with van der Waals surface area (Å²) >= 11 is 3.67. The smallest absolute Gasteiger partial charge is 0.0791 e. The second-order valence-corrected chi connectivity index (χ2v) is 10.5. The predicted octanol–water partition coefficient (Wildman–Crippen LogP) is 9.80. The lowest BCUT2D eigenvalue weighted by molar-refractivity contribution is 1.39. The summed E-state index contributed by atoms with van der Waals surface area (Å²) in [6.45, 7) is 4.51. The van der Waals surface area contributed by atoms with Gasteiger partial charge in [-0.05, 0) is 53.9 Å². The molecule has 37 heavy (non-hydrogen) atoms. The van der Waals surface area contributed by atoms with Crippen LogP contribution in [-0.2, 0) is 0 Å². The molecule has 0 unspecified atom stereocenters. The third-order valence-electron chi connectivity index (χ3n) is 7.44. The zero-order valence-corrected chi connectivity index (χ0v) is 22.2. The maximum absolute atomic E-state index is 5.26. The maximum atomic E-state index is 5.26. The van der Waals surface area contributed by atoms with Crippen LogP contribution in [0.25, 0.3) is 65.9 Å². The van der Waals surface area contributed by atoms with Gasteiger partial charge in [-0.25, -0.2) is 9.97 Å². The van der Waals surface area contributed by atoms with E-state index in [-0.39, 0.29) is 0 Å². The van der Waals surface area contributed by atoms with Crippen molar-refractivity contribution in [2.75, 3.05) is 0 Å². The molecule has 2 nitrogen and oxygen atoms in total. The number of hydrogen-bond donors (Lipinski definition) is 0. The summed E-state index contributed by atoms with van der Waals surface area (Å²) in [5, 5.41) is 7.26. The number of aryl methyl sites for hydroxylation is 2. The van der Waals surface area contributed by atoms with Gasteiger partial charge in [-0.15, -0.1) is 0 Å². The second-order valence-electron chi connectivity index (χ2n) is 9.58. The molecule has 176 valence electrons. The summed E-state index contributed by atoms with van der Waals surface area (Å²) in [5.41, 5.74) is 8.77. The van der Waals surface area contributed by atoms with Gasteiger partial charge in [0.1, 0.15) is 0 Å². The van der Waals surface area contributed by atoms with Crippen LogP contribution in [0.2, 0.25) is 0 Å². The first-order chi connectivity index (χ1) is 18.1. The van der Waals surface area contributed by atoms with Gasteiger partial charge < -0.3 is 0 Å². The Bertz CT molecular complexity index is 2000. The van der Waals surface area contributed by atoms with E-state index in [0.29, 0.717) is 0 Å².